The summed E-state index contributed by atoms with van der Waals surface area (Å²) >= 11 is 0. The number of benzene rings is 4. The van der Waals surface area contributed by atoms with Crippen LogP contribution in [0.1, 0.15) is 91.4 Å². The molecule has 1 amide bonds. The fraction of sp³-hybridized carbons (Fsp3) is 0.418. The van der Waals surface area contributed by atoms with Crippen molar-refractivity contribution in [3.63, 3.8) is 0 Å². The molecule has 1 spiro atoms. The Bertz CT molecular complexity index is 2960. The molecule has 1 aliphatic carbocycles. The zero-order chi connectivity index (χ0) is 49.3. The van der Waals surface area contributed by atoms with Crippen LogP contribution in [0.15, 0.2) is 108 Å². The van der Waals surface area contributed by atoms with Gasteiger partial charge in [0.25, 0.3) is 15.9 Å². The highest BCUT2D eigenvalue weighted by Gasteiger charge is 2.50. The molecule has 10 rings (SSSR count). The standard InChI is InChI=1S/C55H65FN8O6S/c1-36(2)44-6-4-5-7-45(44)51-35-62(34-38-8-10-41(68-3)11-9-38)22-23-64(51)40-30-55(31-40)17-20-63(21-18-55)50-29-52(70-42-26-39-14-19-58-53(39)60-33-42)46(28-47(50)56)54(65)61-71(66,67)43-12-13-49(48(57)27-43)59-32-37-15-24-69-25-16-37/h4-14,19,26-29,33,36-37,40,51,59H,15-18,20-25,30-32,34-35,57H2,1-3H3,(H,58,60)(H,61,65)/t51-/m0/s1. The average molecular weight is 985 g/mol. The van der Waals surface area contributed by atoms with E-state index in [9.17, 15) is 13.2 Å². The van der Waals surface area contributed by atoms with E-state index in [0.717, 1.165) is 81.9 Å². The molecule has 3 aliphatic heterocycles. The number of methoxy groups -OCH3 is 1. The van der Waals surface area contributed by atoms with Crippen LogP contribution in [0.3, 0.4) is 0 Å². The van der Waals surface area contributed by atoms with Crippen LogP contribution in [-0.4, -0.2) is 99.7 Å². The quantitative estimate of drug-likeness (QED) is 0.0721. The number of hydrogen-bond donors (Lipinski definition) is 4. The van der Waals surface area contributed by atoms with E-state index in [1.165, 1.54) is 41.1 Å². The van der Waals surface area contributed by atoms with Crippen molar-refractivity contribution in [1.29, 1.82) is 0 Å². The number of hydrogen-bond acceptors (Lipinski definition) is 12. The van der Waals surface area contributed by atoms with Crippen LogP contribution >= 0.6 is 0 Å². The first-order valence-corrected chi connectivity index (χ1v) is 26.5. The van der Waals surface area contributed by atoms with Crippen molar-refractivity contribution in [2.24, 2.45) is 11.3 Å². The molecular weight excluding hydrogens is 920 g/mol. The number of nitrogens with one attached hydrogen (secondary N) is 3. The summed E-state index contributed by atoms with van der Waals surface area (Å²) in [5.41, 5.74) is 12.0. The summed E-state index contributed by atoms with van der Waals surface area (Å²) in [7, 11) is -2.74. The number of sulfonamides is 1. The summed E-state index contributed by atoms with van der Waals surface area (Å²) in [6.45, 7) is 11.7. The third-order valence-corrected chi connectivity index (χ3v) is 16.7. The van der Waals surface area contributed by atoms with Crippen LogP contribution in [0.2, 0.25) is 0 Å². The number of anilines is 3. The van der Waals surface area contributed by atoms with Gasteiger partial charge >= 0.3 is 0 Å². The van der Waals surface area contributed by atoms with E-state index >= 15 is 4.39 Å². The van der Waals surface area contributed by atoms with Gasteiger partial charge in [0.2, 0.25) is 0 Å². The maximum atomic E-state index is 16.5. The molecule has 3 saturated heterocycles. The minimum Gasteiger partial charge on any atom is -0.497 e. The Hall–Kier alpha value is -6.20. The number of carbonyl (C=O) groups excluding carboxylic acids is 1. The lowest BCUT2D eigenvalue weighted by molar-refractivity contribution is -0.0628. The lowest BCUT2D eigenvalue weighted by Crippen LogP contribution is -2.60. The van der Waals surface area contributed by atoms with Crippen LogP contribution < -0.4 is 30.1 Å². The molecule has 1 saturated carbocycles. The number of halogens is 1. The van der Waals surface area contributed by atoms with Gasteiger partial charge in [-0.3, -0.25) is 14.6 Å². The normalized spacial score (nSPS) is 19.2. The molecule has 16 heteroatoms. The van der Waals surface area contributed by atoms with Crippen molar-refractivity contribution in [2.75, 3.05) is 75.5 Å². The van der Waals surface area contributed by atoms with Crippen LogP contribution in [0.4, 0.5) is 21.5 Å². The Morgan fingerprint density at radius 2 is 1.73 bits per heavy atom. The molecule has 5 N–H and O–H groups in total. The van der Waals surface area contributed by atoms with Crippen LogP contribution in [0.25, 0.3) is 11.0 Å². The number of rotatable bonds is 15. The largest absolute Gasteiger partial charge is 0.497 e. The number of nitrogens with two attached hydrogens (primary N) is 1. The van der Waals surface area contributed by atoms with Crippen LogP contribution in [0, 0.1) is 17.2 Å². The highest BCUT2D eigenvalue weighted by Crippen LogP contribution is 2.53. The number of fused-ring (bicyclic) bond motifs is 1. The number of amides is 1. The van der Waals surface area contributed by atoms with Crippen molar-refractivity contribution in [3.8, 4) is 17.2 Å². The summed E-state index contributed by atoms with van der Waals surface area (Å²) in [6, 6.07) is 28.5. The maximum Gasteiger partial charge on any atom is 0.268 e. The molecule has 6 aromatic rings. The van der Waals surface area contributed by atoms with Gasteiger partial charge in [-0.25, -0.2) is 22.5 Å². The van der Waals surface area contributed by atoms with Crippen LogP contribution in [-0.2, 0) is 21.3 Å². The lowest BCUT2D eigenvalue weighted by Gasteiger charge is -2.58. The highest BCUT2D eigenvalue weighted by molar-refractivity contribution is 7.90. The summed E-state index contributed by atoms with van der Waals surface area (Å²) in [6.07, 6.45) is 9.07. The monoisotopic (exact) mass is 984 g/mol. The highest BCUT2D eigenvalue weighted by atomic mass is 32.2. The van der Waals surface area contributed by atoms with E-state index in [1.807, 2.05) is 23.1 Å². The third kappa shape index (κ3) is 10.6. The van der Waals surface area contributed by atoms with Gasteiger partial charge in [-0.05, 0) is 121 Å². The second kappa shape index (κ2) is 20.5. The van der Waals surface area contributed by atoms with Gasteiger partial charge < -0.3 is 35.1 Å². The molecule has 4 aliphatic rings. The van der Waals surface area contributed by atoms with Gasteiger partial charge in [0.05, 0.1) is 40.8 Å². The Kier molecular flexibility index (Phi) is 14.0. The molecule has 0 bridgehead atoms. The molecule has 4 fully saturated rings. The molecule has 14 nitrogen and oxygen atoms in total. The molecule has 71 heavy (non-hydrogen) atoms. The molecule has 374 valence electrons. The second-order valence-corrected chi connectivity index (χ2v) is 22.0. The summed E-state index contributed by atoms with van der Waals surface area (Å²) in [5, 5.41) is 4.09. The van der Waals surface area contributed by atoms with Gasteiger partial charge in [-0.1, -0.05) is 50.2 Å². The van der Waals surface area contributed by atoms with Crippen LogP contribution in [0.5, 0.6) is 17.2 Å². The molecule has 2 aromatic heterocycles. The summed E-state index contributed by atoms with van der Waals surface area (Å²) < 4.78 is 63.4. The topological polar surface area (TPSA) is 167 Å². The smallest absolute Gasteiger partial charge is 0.268 e. The molecule has 5 heterocycles. The van der Waals surface area contributed by atoms with Crippen molar-refractivity contribution in [2.45, 2.75) is 81.8 Å². The van der Waals surface area contributed by atoms with Gasteiger partial charge in [0.15, 0.2) is 0 Å². The predicted octanol–water partition coefficient (Wildman–Crippen LogP) is 9.47. The fourth-order valence-corrected chi connectivity index (χ4v) is 12.3. The number of H-pyrrole nitrogens is 1. The first-order chi connectivity index (χ1) is 34.3. The number of carbonyl (C=O) groups is 1. The van der Waals surface area contributed by atoms with Gasteiger partial charge in [0, 0.05) is 88.8 Å². The number of piperazine rings is 1. The van der Waals surface area contributed by atoms with E-state index in [0.29, 0.717) is 67.8 Å². The average Bonchev–Trinajstić information content (AvgIpc) is 3.84. The zero-order valence-electron chi connectivity index (χ0n) is 40.8. The van der Waals surface area contributed by atoms with Crippen molar-refractivity contribution in [1.82, 2.24) is 24.5 Å². The maximum absolute atomic E-state index is 16.5. The summed E-state index contributed by atoms with van der Waals surface area (Å²) in [5.74, 6) is 0.294. The fourth-order valence-electron chi connectivity index (χ4n) is 11.3. The Labute approximate surface area is 416 Å². The molecular formula is C55H65FN8O6S. The number of aromatic amines is 1. The predicted molar refractivity (Wildman–Crippen MR) is 275 cm³/mol. The zero-order valence-corrected chi connectivity index (χ0v) is 41.6. The number of nitrogen functional groups attached to an aromatic ring is 1. The number of aromatic nitrogens is 2. The Balaban J connectivity index is 0.839. The lowest BCUT2D eigenvalue weighted by atomic mass is 9.59. The van der Waals surface area contributed by atoms with Crippen molar-refractivity contribution < 1.29 is 31.8 Å². The van der Waals surface area contributed by atoms with Crippen molar-refractivity contribution >= 4 is 44.0 Å². The van der Waals surface area contributed by atoms with E-state index < -0.39 is 21.7 Å². The molecule has 4 aromatic carbocycles. The third-order valence-electron chi connectivity index (χ3n) is 15.4. The number of pyridine rings is 1. The Morgan fingerprint density at radius 1 is 0.958 bits per heavy atom. The van der Waals surface area contributed by atoms with Gasteiger partial charge in [-0.15, -0.1) is 0 Å². The number of ether oxygens (including phenoxy) is 3. The number of piperidine rings is 1. The molecule has 0 radical (unpaired) electrons. The van der Waals surface area contributed by atoms with Gasteiger partial charge in [0.1, 0.15) is 28.7 Å². The molecule has 1 atom stereocenters. The van der Waals surface area contributed by atoms with Crippen molar-refractivity contribution in [3.05, 3.63) is 131 Å². The van der Waals surface area contributed by atoms with E-state index in [2.05, 4.69) is 80.1 Å². The van der Waals surface area contributed by atoms with E-state index in [-0.39, 0.29) is 39.0 Å². The first kappa shape index (κ1) is 48.4. The van der Waals surface area contributed by atoms with Gasteiger partial charge in [-0.2, -0.15) is 0 Å². The first-order valence-electron chi connectivity index (χ1n) is 25.0. The number of nitrogens with zero attached hydrogens (tertiary/aromatic N) is 4. The summed E-state index contributed by atoms with van der Waals surface area (Å²) in [4.78, 5) is 28.7. The molecule has 0 unspecified atom stereocenters. The van der Waals surface area contributed by atoms with E-state index in [4.69, 9.17) is 19.9 Å². The Morgan fingerprint density at radius 3 is 2.48 bits per heavy atom. The second-order valence-electron chi connectivity index (χ2n) is 20.3. The SMILES string of the molecule is COc1ccc(CN2CCN(C3CC4(CCN(c5cc(Oc6cnc7[nH]ccc7c6)c(C(=O)NS(=O)(=O)c6ccc(NCC7CCOCC7)c(N)c6)cc5F)CC4)C3)[C@H](c3ccccc3C(C)C)C2)cc1. The minimum absolute atomic E-state index is 0.000749. The van der Waals surface area contributed by atoms with E-state index in [1.54, 1.807) is 25.4 Å². The minimum atomic E-state index is -4.44.